The van der Waals surface area contributed by atoms with Crippen molar-refractivity contribution in [2.75, 3.05) is 21.3 Å². The Hall–Kier alpha value is -1.89. The van der Waals surface area contributed by atoms with E-state index in [1.54, 1.807) is 6.08 Å². The van der Waals surface area contributed by atoms with Crippen LogP contribution < -0.4 is 0 Å². The van der Waals surface area contributed by atoms with E-state index in [4.69, 9.17) is 14.2 Å². The van der Waals surface area contributed by atoms with Crippen molar-refractivity contribution in [1.82, 2.24) is 0 Å². The minimum Gasteiger partial charge on any atom is -0.469 e. The summed E-state index contributed by atoms with van der Waals surface area (Å²) in [6.45, 7) is 0. The first kappa shape index (κ1) is 17.5. The Labute approximate surface area is 134 Å². The van der Waals surface area contributed by atoms with Gasteiger partial charge in [-0.3, -0.25) is 14.4 Å². The van der Waals surface area contributed by atoms with E-state index in [0.29, 0.717) is 12.8 Å². The summed E-state index contributed by atoms with van der Waals surface area (Å²) >= 11 is 0. The van der Waals surface area contributed by atoms with Gasteiger partial charge in [0.05, 0.1) is 39.5 Å². The van der Waals surface area contributed by atoms with Gasteiger partial charge < -0.3 is 18.9 Å². The molecule has 128 valence electrons. The van der Waals surface area contributed by atoms with Crippen molar-refractivity contribution in [1.29, 1.82) is 0 Å². The monoisotopic (exact) mass is 326 g/mol. The highest BCUT2D eigenvalue weighted by Gasteiger charge is 2.56. The number of ether oxygens (including phenoxy) is 4. The van der Waals surface area contributed by atoms with E-state index in [2.05, 4.69) is 4.74 Å². The van der Waals surface area contributed by atoms with Crippen LogP contribution in [0.3, 0.4) is 0 Å². The second-order valence-corrected chi connectivity index (χ2v) is 5.97. The number of methoxy groups -OCH3 is 3. The van der Waals surface area contributed by atoms with E-state index in [9.17, 15) is 14.4 Å². The van der Waals surface area contributed by atoms with Gasteiger partial charge in [0.15, 0.2) is 5.41 Å². The smallest absolute Gasteiger partial charge is 0.323 e. The Kier molecular flexibility index (Phi) is 5.09. The first-order valence-electron chi connectivity index (χ1n) is 7.50. The fourth-order valence-electron chi connectivity index (χ4n) is 3.42. The lowest BCUT2D eigenvalue weighted by molar-refractivity contribution is -0.175. The van der Waals surface area contributed by atoms with Crippen LogP contribution in [0.2, 0.25) is 0 Å². The molecule has 7 nitrogen and oxygen atoms in total. The number of carbonyl (C=O) groups excluding carboxylic acids is 3. The Balaban J connectivity index is 2.21. The molecule has 0 N–H and O–H groups in total. The summed E-state index contributed by atoms with van der Waals surface area (Å²) in [6, 6.07) is 0. The van der Waals surface area contributed by atoms with Crippen LogP contribution in [0.15, 0.2) is 12.2 Å². The number of rotatable bonds is 4. The van der Waals surface area contributed by atoms with Gasteiger partial charge in [-0.05, 0) is 19.3 Å². The fourth-order valence-corrected chi connectivity index (χ4v) is 3.42. The first-order valence-corrected chi connectivity index (χ1v) is 7.50. The van der Waals surface area contributed by atoms with Crippen molar-refractivity contribution in [3.63, 3.8) is 0 Å². The zero-order chi connectivity index (χ0) is 17.1. The normalized spacial score (nSPS) is 28.4. The first-order chi connectivity index (χ1) is 10.9. The third kappa shape index (κ3) is 3.24. The van der Waals surface area contributed by atoms with Gasteiger partial charge in [-0.25, -0.2) is 0 Å². The summed E-state index contributed by atoms with van der Waals surface area (Å²) in [5.74, 6) is -1.61. The van der Waals surface area contributed by atoms with E-state index in [1.807, 2.05) is 6.08 Å². The Bertz CT molecular complexity index is 509. The summed E-state index contributed by atoms with van der Waals surface area (Å²) in [7, 11) is 3.81. The van der Waals surface area contributed by atoms with Crippen LogP contribution in [0.4, 0.5) is 0 Å². The molecule has 23 heavy (non-hydrogen) atoms. The maximum Gasteiger partial charge on any atom is 0.323 e. The lowest BCUT2D eigenvalue weighted by Gasteiger charge is -2.38. The van der Waals surface area contributed by atoms with Gasteiger partial charge in [0, 0.05) is 6.42 Å². The number of hydrogen-bond acceptors (Lipinski definition) is 7. The van der Waals surface area contributed by atoms with E-state index >= 15 is 0 Å². The van der Waals surface area contributed by atoms with Crippen LogP contribution >= 0.6 is 0 Å². The molecule has 1 fully saturated rings. The molecular weight excluding hydrogens is 304 g/mol. The molecule has 2 unspecified atom stereocenters. The second-order valence-electron chi connectivity index (χ2n) is 5.97. The van der Waals surface area contributed by atoms with Gasteiger partial charge in [0.2, 0.25) is 0 Å². The largest absolute Gasteiger partial charge is 0.469 e. The van der Waals surface area contributed by atoms with Crippen LogP contribution in [0.25, 0.3) is 0 Å². The standard InChI is InChI=1S/C16H22O7/c1-20-12(17)9-11-5-8-15(23-11)6-4-7-16(10-15,13(18)21-2)14(19)22-3/h4,6,11H,5,7-10H2,1-3H3. The summed E-state index contributed by atoms with van der Waals surface area (Å²) < 4.78 is 20.3. The molecule has 2 atom stereocenters. The molecule has 7 heteroatoms. The Morgan fingerprint density at radius 1 is 1.13 bits per heavy atom. The minimum atomic E-state index is -1.40. The molecule has 1 aliphatic heterocycles. The minimum absolute atomic E-state index is 0.146. The molecule has 1 heterocycles. The van der Waals surface area contributed by atoms with E-state index in [1.165, 1.54) is 21.3 Å². The van der Waals surface area contributed by atoms with Gasteiger partial charge in [-0.1, -0.05) is 12.2 Å². The van der Waals surface area contributed by atoms with Gasteiger partial charge in [0.25, 0.3) is 0 Å². The maximum atomic E-state index is 12.2. The molecule has 0 aromatic rings. The number of esters is 3. The summed E-state index contributed by atoms with van der Waals surface area (Å²) in [5, 5.41) is 0. The Morgan fingerprint density at radius 2 is 1.78 bits per heavy atom. The van der Waals surface area contributed by atoms with Gasteiger partial charge >= 0.3 is 17.9 Å². The molecule has 0 aromatic heterocycles. The molecule has 0 saturated carbocycles. The molecule has 1 spiro atoms. The highest BCUT2D eigenvalue weighted by Crippen LogP contribution is 2.47. The average molecular weight is 326 g/mol. The van der Waals surface area contributed by atoms with Crippen LogP contribution in [0.1, 0.15) is 32.1 Å². The third-order valence-electron chi connectivity index (χ3n) is 4.55. The van der Waals surface area contributed by atoms with Gasteiger partial charge in [-0.15, -0.1) is 0 Å². The molecule has 0 amide bonds. The molecule has 0 aromatic carbocycles. The lowest BCUT2D eigenvalue weighted by Crippen LogP contribution is -2.49. The van der Waals surface area contributed by atoms with Crippen molar-refractivity contribution in [3.8, 4) is 0 Å². The average Bonchev–Trinajstić information content (AvgIpc) is 2.94. The highest BCUT2D eigenvalue weighted by molar-refractivity contribution is 6.00. The number of carbonyl (C=O) groups is 3. The van der Waals surface area contributed by atoms with Crippen molar-refractivity contribution in [2.45, 2.75) is 43.8 Å². The zero-order valence-electron chi connectivity index (χ0n) is 13.6. The highest BCUT2D eigenvalue weighted by atomic mass is 16.6. The fraction of sp³-hybridized carbons (Fsp3) is 0.688. The summed E-state index contributed by atoms with van der Waals surface area (Å²) in [4.78, 5) is 35.9. The molecular formula is C16H22O7. The van der Waals surface area contributed by atoms with Gasteiger partial charge in [-0.2, -0.15) is 0 Å². The summed E-state index contributed by atoms with van der Waals surface area (Å²) in [6.07, 6.45) is 5.09. The number of allylic oxidation sites excluding steroid dienone is 1. The predicted molar refractivity (Wildman–Crippen MR) is 78.3 cm³/mol. The SMILES string of the molecule is COC(=O)CC1CCC2(C=CCC(C(=O)OC)(C(=O)OC)C2)O1. The second kappa shape index (κ2) is 6.70. The van der Waals surface area contributed by atoms with E-state index < -0.39 is 23.0 Å². The molecule has 1 saturated heterocycles. The van der Waals surface area contributed by atoms with Crippen LogP contribution in [0, 0.1) is 5.41 Å². The van der Waals surface area contributed by atoms with Gasteiger partial charge in [0.1, 0.15) is 0 Å². The molecule has 0 radical (unpaired) electrons. The quantitative estimate of drug-likeness (QED) is 0.331. The lowest BCUT2D eigenvalue weighted by atomic mass is 9.70. The Morgan fingerprint density at radius 3 is 2.35 bits per heavy atom. The van der Waals surface area contributed by atoms with Crippen molar-refractivity contribution in [2.24, 2.45) is 5.41 Å². The summed E-state index contributed by atoms with van der Waals surface area (Å²) in [5.41, 5.74) is -2.17. The van der Waals surface area contributed by atoms with Crippen LogP contribution in [-0.4, -0.2) is 50.9 Å². The molecule has 1 aliphatic carbocycles. The van der Waals surface area contributed by atoms with Crippen LogP contribution in [-0.2, 0) is 33.3 Å². The topological polar surface area (TPSA) is 88.1 Å². The molecule has 0 bridgehead atoms. The predicted octanol–water partition coefficient (Wildman–Crippen LogP) is 1.15. The molecule has 2 rings (SSSR count). The zero-order valence-corrected chi connectivity index (χ0v) is 13.6. The third-order valence-corrected chi connectivity index (χ3v) is 4.55. The van der Waals surface area contributed by atoms with Crippen molar-refractivity contribution in [3.05, 3.63) is 12.2 Å². The van der Waals surface area contributed by atoms with Crippen molar-refractivity contribution >= 4 is 17.9 Å². The van der Waals surface area contributed by atoms with Crippen LogP contribution in [0.5, 0.6) is 0 Å². The molecule has 2 aliphatic rings. The number of hydrogen-bond donors (Lipinski definition) is 0. The maximum absolute atomic E-state index is 12.2. The van der Waals surface area contributed by atoms with E-state index in [0.717, 1.165) is 0 Å². The van der Waals surface area contributed by atoms with Crippen molar-refractivity contribution < 1.29 is 33.3 Å². The van der Waals surface area contributed by atoms with E-state index in [-0.39, 0.29) is 31.3 Å².